The number of carbonyl (C=O) groups excluding carboxylic acids is 2. The Labute approximate surface area is 162 Å². The lowest BCUT2D eigenvalue weighted by Crippen LogP contribution is -2.34. The van der Waals surface area contributed by atoms with Gasteiger partial charge in [-0.3, -0.25) is 9.59 Å². The number of carbonyl (C=O) groups is 2. The number of nitrogens with one attached hydrogen (secondary N) is 2. The van der Waals surface area contributed by atoms with Crippen molar-refractivity contribution in [3.8, 4) is 5.75 Å². The molecule has 7 heteroatoms. The zero-order valence-corrected chi connectivity index (χ0v) is 15.8. The number of methoxy groups -OCH3 is 1. The molecule has 0 saturated carbocycles. The van der Waals surface area contributed by atoms with Crippen LogP contribution in [0.5, 0.6) is 5.75 Å². The van der Waals surface area contributed by atoms with Gasteiger partial charge in [-0.1, -0.05) is 35.9 Å². The van der Waals surface area contributed by atoms with Crippen LogP contribution in [0.4, 0.5) is 0 Å². The fourth-order valence-electron chi connectivity index (χ4n) is 2.05. The van der Waals surface area contributed by atoms with Crippen LogP contribution in [0.2, 0.25) is 5.02 Å². The third-order valence-corrected chi connectivity index (χ3v) is 3.83. The van der Waals surface area contributed by atoms with Gasteiger partial charge >= 0.3 is 0 Å². The Hall–Kier alpha value is -3.12. The van der Waals surface area contributed by atoms with Crippen LogP contribution in [0, 0.1) is 0 Å². The summed E-state index contributed by atoms with van der Waals surface area (Å²) >= 11 is 5.83. The van der Waals surface area contributed by atoms with Gasteiger partial charge in [-0.05, 0) is 48.4 Å². The maximum atomic E-state index is 11.8. The smallest absolute Gasteiger partial charge is 0.259 e. The topological polar surface area (TPSA) is 79.8 Å². The summed E-state index contributed by atoms with van der Waals surface area (Å²) in [4.78, 5) is 23.6. The predicted octanol–water partition coefficient (Wildman–Crippen LogP) is 3.02. The molecule has 6 nitrogen and oxygen atoms in total. The third-order valence-electron chi connectivity index (χ3n) is 3.58. The van der Waals surface area contributed by atoms with E-state index < -0.39 is 5.91 Å². The van der Waals surface area contributed by atoms with Crippen molar-refractivity contribution in [2.45, 2.75) is 6.92 Å². The van der Waals surface area contributed by atoms with Crippen LogP contribution in [0.1, 0.15) is 18.1 Å². The van der Waals surface area contributed by atoms with Crippen molar-refractivity contribution in [3.05, 3.63) is 70.8 Å². The van der Waals surface area contributed by atoms with Gasteiger partial charge in [0.2, 0.25) is 5.91 Å². The molecule has 2 aromatic rings. The number of benzene rings is 2. The molecule has 0 heterocycles. The molecule has 2 rings (SSSR count). The fraction of sp³-hybridized carbons (Fsp3) is 0.150. The van der Waals surface area contributed by atoms with Gasteiger partial charge in [0, 0.05) is 11.1 Å². The molecule has 0 bridgehead atoms. The number of amides is 2. The van der Waals surface area contributed by atoms with E-state index in [1.807, 2.05) is 12.1 Å². The van der Waals surface area contributed by atoms with Gasteiger partial charge in [0.25, 0.3) is 5.91 Å². The van der Waals surface area contributed by atoms with E-state index in [2.05, 4.69) is 15.8 Å². The molecule has 2 amide bonds. The van der Waals surface area contributed by atoms with E-state index in [0.29, 0.717) is 10.7 Å². The van der Waals surface area contributed by atoms with Crippen molar-refractivity contribution in [1.29, 1.82) is 0 Å². The number of hydrazone groups is 1. The summed E-state index contributed by atoms with van der Waals surface area (Å²) < 4.78 is 5.07. The third kappa shape index (κ3) is 6.95. The maximum Gasteiger partial charge on any atom is 0.259 e. The molecule has 0 atom stereocenters. The lowest BCUT2D eigenvalue weighted by Gasteiger charge is -2.04. The standard InChI is InChI=1S/C20H20ClN3O3/c1-14(16-6-8-17(21)9-7-16)23-24-20(26)13-22-19(25)12-5-15-3-10-18(27-2)11-4-15/h3-12H,13H2,1-2H3,(H,22,25)(H,24,26)/b12-5+,23-14?. The van der Waals surface area contributed by atoms with Crippen molar-refractivity contribution >= 4 is 35.2 Å². The summed E-state index contributed by atoms with van der Waals surface area (Å²) in [6.07, 6.45) is 3.01. The molecular weight excluding hydrogens is 366 g/mol. The highest BCUT2D eigenvalue weighted by atomic mass is 35.5. The molecule has 0 spiro atoms. The minimum absolute atomic E-state index is 0.177. The van der Waals surface area contributed by atoms with Crippen LogP contribution in [0.25, 0.3) is 6.08 Å². The maximum absolute atomic E-state index is 11.8. The van der Waals surface area contributed by atoms with E-state index in [1.165, 1.54) is 6.08 Å². The average Bonchev–Trinajstić information content (AvgIpc) is 2.69. The van der Waals surface area contributed by atoms with E-state index in [1.54, 1.807) is 56.5 Å². The summed E-state index contributed by atoms with van der Waals surface area (Å²) in [5.41, 5.74) is 4.72. The molecule has 2 aromatic carbocycles. The van der Waals surface area contributed by atoms with Gasteiger partial charge in [-0.15, -0.1) is 0 Å². The van der Waals surface area contributed by atoms with Gasteiger partial charge in [0.15, 0.2) is 0 Å². The van der Waals surface area contributed by atoms with Gasteiger partial charge < -0.3 is 10.1 Å². The first kappa shape index (κ1) is 20.2. The van der Waals surface area contributed by atoms with E-state index in [0.717, 1.165) is 16.9 Å². The van der Waals surface area contributed by atoms with Crippen molar-refractivity contribution < 1.29 is 14.3 Å². The van der Waals surface area contributed by atoms with Crippen molar-refractivity contribution in [1.82, 2.24) is 10.7 Å². The number of ether oxygens (including phenoxy) is 1. The normalized spacial score (nSPS) is 11.3. The van der Waals surface area contributed by atoms with Gasteiger partial charge in [0.05, 0.1) is 19.4 Å². The summed E-state index contributed by atoms with van der Waals surface area (Å²) in [6.45, 7) is 1.59. The highest BCUT2D eigenvalue weighted by Gasteiger charge is 2.03. The van der Waals surface area contributed by atoms with E-state index >= 15 is 0 Å². The summed E-state index contributed by atoms with van der Waals surface area (Å²) in [5, 5.41) is 7.13. The van der Waals surface area contributed by atoms with Gasteiger partial charge in [-0.25, -0.2) is 5.43 Å². The minimum atomic E-state index is -0.422. The van der Waals surface area contributed by atoms with Crippen LogP contribution in [-0.2, 0) is 9.59 Å². The van der Waals surface area contributed by atoms with Crippen LogP contribution in [0.15, 0.2) is 59.7 Å². The lowest BCUT2D eigenvalue weighted by molar-refractivity contribution is -0.123. The predicted molar refractivity (Wildman–Crippen MR) is 107 cm³/mol. The largest absolute Gasteiger partial charge is 0.497 e. The number of nitrogens with zero attached hydrogens (tertiary/aromatic N) is 1. The quantitative estimate of drug-likeness (QED) is 0.437. The summed E-state index contributed by atoms with van der Waals surface area (Å²) in [7, 11) is 1.59. The van der Waals surface area contributed by atoms with Crippen LogP contribution in [0.3, 0.4) is 0 Å². The molecule has 0 radical (unpaired) electrons. The molecule has 0 aromatic heterocycles. The Morgan fingerprint density at radius 1 is 1.11 bits per heavy atom. The van der Waals surface area contributed by atoms with Gasteiger partial charge in [0.1, 0.15) is 5.75 Å². The Kier molecular flexibility index (Phi) is 7.58. The molecule has 2 N–H and O–H groups in total. The first-order valence-corrected chi connectivity index (χ1v) is 8.55. The second kappa shape index (κ2) is 10.1. The molecule has 0 saturated heterocycles. The monoisotopic (exact) mass is 385 g/mol. The van der Waals surface area contributed by atoms with Crippen LogP contribution in [-0.4, -0.2) is 31.2 Å². The van der Waals surface area contributed by atoms with E-state index in [9.17, 15) is 9.59 Å². The highest BCUT2D eigenvalue weighted by Crippen LogP contribution is 2.12. The first-order valence-electron chi connectivity index (χ1n) is 8.17. The Bertz CT molecular complexity index is 844. The van der Waals surface area contributed by atoms with Gasteiger partial charge in [-0.2, -0.15) is 5.10 Å². The lowest BCUT2D eigenvalue weighted by atomic mass is 10.1. The number of halogens is 1. The first-order chi connectivity index (χ1) is 13.0. The van der Waals surface area contributed by atoms with Crippen molar-refractivity contribution in [3.63, 3.8) is 0 Å². The molecule has 0 unspecified atom stereocenters. The zero-order valence-electron chi connectivity index (χ0n) is 15.0. The second-order valence-electron chi connectivity index (χ2n) is 5.56. The zero-order chi connectivity index (χ0) is 19.6. The Morgan fingerprint density at radius 3 is 2.41 bits per heavy atom. The minimum Gasteiger partial charge on any atom is -0.497 e. The SMILES string of the molecule is COc1ccc(/C=C/C(=O)NCC(=O)NN=C(C)c2ccc(Cl)cc2)cc1. The molecule has 140 valence electrons. The van der Waals surface area contributed by atoms with E-state index in [-0.39, 0.29) is 12.5 Å². The highest BCUT2D eigenvalue weighted by molar-refractivity contribution is 6.30. The Balaban J connectivity index is 1.78. The molecule has 0 fully saturated rings. The molecule has 27 heavy (non-hydrogen) atoms. The number of hydrogen-bond donors (Lipinski definition) is 2. The fourth-order valence-corrected chi connectivity index (χ4v) is 2.18. The molecular formula is C20H20ClN3O3. The summed E-state index contributed by atoms with van der Waals surface area (Å²) in [6, 6.07) is 14.3. The van der Waals surface area contributed by atoms with Crippen molar-refractivity contribution in [2.24, 2.45) is 5.10 Å². The molecule has 0 aliphatic carbocycles. The van der Waals surface area contributed by atoms with Crippen molar-refractivity contribution in [2.75, 3.05) is 13.7 Å². The van der Waals surface area contributed by atoms with Crippen LogP contribution >= 0.6 is 11.6 Å². The second-order valence-corrected chi connectivity index (χ2v) is 6.00. The average molecular weight is 386 g/mol. The number of rotatable bonds is 7. The number of hydrogen-bond acceptors (Lipinski definition) is 4. The molecule has 0 aliphatic rings. The Morgan fingerprint density at radius 2 is 1.78 bits per heavy atom. The van der Waals surface area contributed by atoms with E-state index in [4.69, 9.17) is 16.3 Å². The molecule has 0 aliphatic heterocycles. The summed E-state index contributed by atoms with van der Waals surface area (Å²) in [5.74, 6) is -0.0587. The van der Waals surface area contributed by atoms with Crippen LogP contribution < -0.4 is 15.5 Å².